The normalized spacial score (nSPS) is 22.4. The van der Waals surface area contributed by atoms with E-state index < -0.39 is 0 Å². The van der Waals surface area contributed by atoms with Crippen molar-refractivity contribution in [3.8, 4) is 0 Å². The van der Waals surface area contributed by atoms with Gasteiger partial charge in [0.2, 0.25) is 0 Å². The lowest BCUT2D eigenvalue weighted by Crippen LogP contribution is -2.35. The van der Waals surface area contributed by atoms with Gasteiger partial charge in [-0.05, 0) is 17.9 Å². The number of benzene rings is 1. The number of rotatable bonds is 3. The Morgan fingerprint density at radius 1 is 1.42 bits per heavy atom. The lowest BCUT2D eigenvalue weighted by atomic mass is 9.92. The molecule has 1 aliphatic heterocycles. The van der Waals surface area contributed by atoms with Crippen molar-refractivity contribution in [2.24, 2.45) is 5.92 Å². The van der Waals surface area contributed by atoms with E-state index in [0.29, 0.717) is 5.92 Å². The Labute approximate surface area is 114 Å². The molecule has 1 unspecified atom stereocenters. The SMILES string of the molecule is COC(=O)/C=C1/CCN(Cc2ccccc2)CC1C. The molecule has 0 radical (unpaired) electrons. The van der Waals surface area contributed by atoms with Gasteiger partial charge in [-0.1, -0.05) is 42.8 Å². The van der Waals surface area contributed by atoms with Gasteiger partial charge in [-0.2, -0.15) is 0 Å². The summed E-state index contributed by atoms with van der Waals surface area (Å²) in [6.07, 6.45) is 2.60. The van der Waals surface area contributed by atoms with Gasteiger partial charge in [-0.15, -0.1) is 0 Å². The van der Waals surface area contributed by atoms with E-state index in [9.17, 15) is 4.79 Å². The lowest BCUT2D eigenvalue weighted by molar-refractivity contribution is -0.134. The Bertz CT molecular complexity index is 453. The minimum atomic E-state index is -0.238. The van der Waals surface area contributed by atoms with Gasteiger partial charge in [-0.25, -0.2) is 4.79 Å². The Morgan fingerprint density at radius 2 is 2.16 bits per heavy atom. The van der Waals surface area contributed by atoms with Gasteiger partial charge < -0.3 is 4.74 Å². The Balaban J connectivity index is 1.93. The standard InChI is InChI=1S/C16H21NO2/c1-13-11-17(12-14-6-4-3-5-7-14)9-8-15(13)10-16(18)19-2/h3-7,10,13H,8-9,11-12H2,1-2H3/b15-10-. The Hall–Kier alpha value is -1.61. The van der Waals surface area contributed by atoms with Crippen LogP contribution in [0.4, 0.5) is 0 Å². The average Bonchev–Trinajstić information content (AvgIpc) is 2.43. The van der Waals surface area contributed by atoms with Crippen LogP contribution in [0.15, 0.2) is 42.0 Å². The van der Waals surface area contributed by atoms with E-state index in [1.165, 1.54) is 18.2 Å². The molecular weight excluding hydrogens is 238 g/mol. The maximum absolute atomic E-state index is 11.3. The zero-order valence-corrected chi connectivity index (χ0v) is 11.6. The molecule has 0 amide bonds. The molecule has 0 bridgehead atoms. The second-order valence-electron chi connectivity index (χ2n) is 5.11. The number of likely N-dealkylation sites (tertiary alicyclic amines) is 1. The summed E-state index contributed by atoms with van der Waals surface area (Å²) in [6, 6.07) is 10.5. The van der Waals surface area contributed by atoms with Crippen LogP contribution in [0.1, 0.15) is 18.9 Å². The van der Waals surface area contributed by atoms with E-state index in [1.54, 1.807) is 6.08 Å². The third-order valence-electron chi connectivity index (χ3n) is 3.64. The van der Waals surface area contributed by atoms with E-state index in [0.717, 1.165) is 26.1 Å². The minimum absolute atomic E-state index is 0.238. The van der Waals surface area contributed by atoms with Gasteiger partial charge in [0.05, 0.1) is 7.11 Å². The molecule has 1 aliphatic rings. The zero-order chi connectivity index (χ0) is 13.7. The molecule has 0 N–H and O–H groups in total. The number of hydrogen-bond donors (Lipinski definition) is 0. The zero-order valence-electron chi connectivity index (χ0n) is 11.6. The molecule has 3 heteroatoms. The molecule has 1 fully saturated rings. The van der Waals surface area contributed by atoms with Gasteiger partial charge in [0.25, 0.3) is 0 Å². The second kappa shape index (κ2) is 6.53. The van der Waals surface area contributed by atoms with Crippen LogP contribution in [0.5, 0.6) is 0 Å². The first-order chi connectivity index (χ1) is 9.19. The van der Waals surface area contributed by atoms with Crippen LogP contribution in [0.2, 0.25) is 0 Å². The van der Waals surface area contributed by atoms with Gasteiger partial charge in [-0.3, -0.25) is 4.90 Å². The molecule has 0 aliphatic carbocycles. The van der Waals surface area contributed by atoms with Crippen LogP contribution in [0, 0.1) is 5.92 Å². The van der Waals surface area contributed by atoms with Crippen LogP contribution < -0.4 is 0 Å². The topological polar surface area (TPSA) is 29.5 Å². The fraction of sp³-hybridized carbons (Fsp3) is 0.438. The van der Waals surface area contributed by atoms with Crippen LogP contribution in [0.25, 0.3) is 0 Å². The molecule has 0 spiro atoms. The van der Waals surface area contributed by atoms with Crippen molar-refractivity contribution < 1.29 is 9.53 Å². The van der Waals surface area contributed by atoms with Crippen molar-refractivity contribution in [3.05, 3.63) is 47.5 Å². The third kappa shape index (κ3) is 3.93. The minimum Gasteiger partial charge on any atom is -0.466 e. The molecule has 3 nitrogen and oxygen atoms in total. The molecule has 1 atom stereocenters. The number of nitrogens with zero attached hydrogens (tertiary/aromatic N) is 1. The summed E-state index contributed by atoms with van der Waals surface area (Å²) in [5.74, 6) is 0.176. The number of esters is 1. The van der Waals surface area contributed by atoms with Crippen LogP contribution in [0.3, 0.4) is 0 Å². The molecule has 19 heavy (non-hydrogen) atoms. The fourth-order valence-corrected chi connectivity index (χ4v) is 2.54. The fourth-order valence-electron chi connectivity index (χ4n) is 2.54. The lowest BCUT2D eigenvalue weighted by Gasteiger charge is -2.32. The predicted octanol–water partition coefficient (Wildman–Crippen LogP) is 2.63. The number of ether oxygens (including phenoxy) is 1. The van der Waals surface area contributed by atoms with Crippen LogP contribution in [-0.2, 0) is 16.1 Å². The molecule has 1 aromatic rings. The smallest absolute Gasteiger partial charge is 0.330 e. The second-order valence-corrected chi connectivity index (χ2v) is 5.11. The number of piperidine rings is 1. The van der Waals surface area contributed by atoms with Crippen molar-refractivity contribution in [1.29, 1.82) is 0 Å². The van der Waals surface area contributed by atoms with E-state index in [1.807, 2.05) is 6.07 Å². The van der Waals surface area contributed by atoms with E-state index in [-0.39, 0.29) is 5.97 Å². The van der Waals surface area contributed by atoms with E-state index >= 15 is 0 Å². The summed E-state index contributed by atoms with van der Waals surface area (Å²) in [7, 11) is 1.43. The van der Waals surface area contributed by atoms with Gasteiger partial charge in [0.1, 0.15) is 0 Å². The summed E-state index contributed by atoms with van der Waals surface area (Å²) >= 11 is 0. The molecule has 1 saturated heterocycles. The molecule has 0 aromatic heterocycles. The highest BCUT2D eigenvalue weighted by Gasteiger charge is 2.21. The molecule has 102 valence electrons. The number of carbonyl (C=O) groups is 1. The van der Waals surface area contributed by atoms with Crippen LogP contribution in [-0.4, -0.2) is 31.1 Å². The van der Waals surface area contributed by atoms with Crippen molar-refractivity contribution in [1.82, 2.24) is 4.90 Å². The van der Waals surface area contributed by atoms with Gasteiger partial charge in [0.15, 0.2) is 0 Å². The number of carbonyl (C=O) groups excluding carboxylic acids is 1. The molecular formula is C16H21NO2. The first-order valence-electron chi connectivity index (χ1n) is 6.73. The van der Waals surface area contributed by atoms with Crippen molar-refractivity contribution in [3.63, 3.8) is 0 Å². The van der Waals surface area contributed by atoms with Crippen LogP contribution >= 0.6 is 0 Å². The number of hydrogen-bond acceptors (Lipinski definition) is 3. The summed E-state index contributed by atoms with van der Waals surface area (Å²) < 4.78 is 4.69. The summed E-state index contributed by atoms with van der Waals surface area (Å²) in [5.41, 5.74) is 2.55. The van der Waals surface area contributed by atoms with E-state index in [4.69, 9.17) is 4.74 Å². The monoisotopic (exact) mass is 259 g/mol. The highest BCUT2D eigenvalue weighted by atomic mass is 16.5. The molecule has 1 aromatic carbocycles. The van der Waals surface area contributed by atoms with E-state index in [2.05, 4.69) is 36.1 Å². The molecule has 1 heterocycles. The van der Waals surface area contributed by atoms with Crippen molar-refractivity contribution in [2.45, 2.75) is 19.9 Å². The van der Waals surface area contributed by atoms with Gasteiger partial charge in [0, 0.05) is 25.7 Å². The highest BCUT2D eigenvalue weighted by molar-refractivity contribution is 5.82. The highest BCUT2D eigenvalue weighted by Crippen LogP contribution is 2.23. The number of methoxy groups -OCH3 is 1. The quantitative estimate of drug-likeness (QED) is 0.617. The first-order valence-corrected chi connectivity index (χ1v) is 6.73. The van der Waals surface area contributed by atoms with Crippen molar-refractivity contribution in [2.75, 3.05) is 20.2 Å². The maximum Gasteiger partial charge on any atom is 0.330 e. The first kappa shape index (κ1) is 13.8. The average molecular weight is 259 g/mol. The Morgan fingerprint density at radius 3 is 2.79 bits per heavy atom. The largest absolute Gasteiger partial charge is 0.466 e. The van der Waals surface area contributed by atoms with Crippen molar-refractivity contribution >= 4 is 5.97 Å². The summed E-state index contributed by atoms with van der Waals surface area (Å²) in [5, 5.41) is 0. The summed E-state index contributed by atoms with van der Waals surface area (Å²) in [4.78, 5) is 13.7. The molecule has 2 rings (SSSR count). The maximum atomic E-state index is 11.3. The van der Waals surface area contributed by atoms with Gasteiger partial charge >= 0.3 is 5.97 Å². The summed E-state index contributed by atoms with van der Waals surface area (Å²) in [6.45, 7) is 5.16. The molecule has 0 saturated carbocycles. The predicted molar refractivity (Wildman–Crippen MR) is 75.6 cm³/mol. The Kier molecular flexibility index (Phi) is 4.74. The third-order valence-corrected chi connectivity index (χ3v) is 3.64.